The maximum absolute atomic E-state index is 7.32. The number of aryl methyl sites for hydroxylation is 2. The molecule has 4 fully saturated rings. The Labute approximate surface area is 452 Å². The van der Waals surface area contributed by atoms with E-state index < -0.39 is 0 Å². The minimum Gasteiger partial charge on any atom is -0.457 e. The number of ether oxygens (including phenoxy) is 1. The van der Waals surface area contributed by atoms with Crippen LogP contribution in [0.5, 0.6) is 11.5 Å². The molecule has 0 atom stereocenters. The number of furan rings is 2. The summed E-state index contributed by atoms with van der Waals surface area (Å²) in [4.78, 5) is 4.90. The van der Waals surface area contributed by atoms with Crippen molar-refractivity contribution in [1.82, 2.24) is 0 Å². The van der Waals surface area contributed by atoms with Crippen molar-refractivity contribution in [2.75, 3.05) is 9.80 Å². The lowest BCUT2D eigenvalue weighted by Crippen LogP contribution is -2.57. The number of para-hydroxylation sites is 6. The van der Waals surface area contributed by atoms with Crippen LogP contribution >= 0.6 is 0 Å². The van der Waals surface area contributed by atoms with Gasteiger partial charge < -0.3 is 23.4 Å². The van der Waals surface area contributed by atoms with Gasteiger partial charge in [0, 0.05) is 72.0 Å². The second-order valence-electron chi connectivity index (χ2n) is 25.5. The van der Waals surface area contributed by atoms with Crippen molar-refractivity contribution < 1.29 is 13.6 Å². The van der Waals surface area contributed by atoms with E-state index in [-0.39, 0.29) is 16.2 Å². The molecule has 0 unspecified atom stereocenters. The predicted molar refractivity (Wildman–Crippen MR) is 319 cm³/mol. The second-order valence-corrected chi connectivity index (χ2v) is 25.5. The zero-order valence-electron chi connectivity index (χ0n) is 45.6. The van der Waals surface area contributed by atoms with Gasteiger partial charge >= 0.3 is 0 Å². The summed E-state index contributed by atoms with van der Waals surface area (Å²) in [7, 11) is 0. The Kier molecular flexibility index (Phi) is 10.0. The Morgan fingerprint density at radius 1 is 0.403 bits per heavy atom. The van der Waals surface area contributed by atoms with E-state index >= 15 is 0 Å². The lowest BCUT2D eigenvalue weighted by Gasteiger charge is -2.63. The van der Waals surface area contributed by atoms with E-state index in [0.29, 0.717) is 11.8 Å². The van der Waals surface area contributed by atoms with E-state index in [1.807, 2.05) is 0 Å². The molecule has 5 heteroatoms. The van der Waals surface area contributed by atoms with Crippen molar-refractivity contribution in [1.29, 1.82) is 0 Å². The number of anilines is 6. The Balaban J connectivity index is 0.931. The van der Waals surface area contributed by atoms with Gasteiger partial charge in [-0.2, -0.15) is 0 Å². The van der Waals surface area contributed by atoms with E-state index in [9.17, 15) is 0 Å². The molecular formula is C72H66N2O3. The minimum absolute atomic E-state index is 0.0810. The molecule has 382 valence electrons. The molecule has 3 heterocycles. The molecule has 1 spiro atoms. The predicted octanol–water partition coefficient (Wildman–Crippen LogP) is 20.6. The average Bonchev–Trinajstić information content (AvgIpc) is 4.07. The summed E-state index contributed by atoms with van der Waals surface area (Å²) in [6.45, 7) is 18.1. The first-order chi connectivity index (χ1) is 37.2. The van der Waals surface area contributed by atoms with E-state index in [1.54, 1.807) is 0 Å². The molecule has 9 aromatic carbocycles. The Morgan fingerprint density at radius 2 is 0.857 bits per heavy atom. The Hall–Kier alpha value is -7.76. The van der Waals surface area contributed by atoms with Gasteiger partial charge in [-0.15, -0.1) is 0 Å². The molecule has 4 bridgehead atoms. The van der Waals surface area contributed by atoms with Gasteiger partial charge in [-0.05, 0) is 169 Å². The minimum atomic E-state index is -0.221. The number of nitrogens with zero attached hydrogens (tertiary/aromatic N) is 2. The van der Waals surface area contributed by atoms with Gasteiger partial charge in [0.25, 0.3) is 0 Å². The van der Waals surface area contributed by atoms with Crippen LogP contribution in [-0.2, 0) is 16.2 Å². The first-order valence-electron chi connectivity index (χ1n) is 28.2. The normalized spacial score (nSPS) is 20.6. The monoisotopic (exact) mass is 1010 g/mol. The molecule has 77 heavy (non-hydrogen) atoms. The molecule has 1 aliphatic heterocycles. The van der Waals surface area contributed by atoms with Crippen molar-refractivity contribution in [3.63, 3.8) is 0 Å². The van der Waals surface area contributed by atoms with Crippen molar-refractivity contribution >= 4 is 88.8 Å². The van der Waals surface area contributed by atoms with Crippen molar-refractivity contribution in [2.45, 2.75) is 104 Å². The highest BCUT2D eigenvalue weighted by molar-refractivity contribution is 6.13. The first kappa shape index (κ1) is 46.5. The third kappa shape index (κ3) is 6.90. The van der Waals surface area contributed by atoms with Crippen LogP contribution in [0.25, 0.3) is 54.6 Å². The number of hydrogen-bond donors (Lipinski definition) is 0. The molecule has 4 saturated carbocycles. The SMILES string of the molecule is Cc1ccccc1N(c1ccc2c(c1)C1(c3cc4cc(N(c5ccccc5C)c5cccc6c5oc5c(C(C)(C)C)cccc56)ccc4cc3O2)C2CC3CC(C2)CC1C3)c1cccc2c1oc1c(C(C)(C)C)cccc12. The fourth-order valence-electron chi connectivity index (χ4n) is 15.5. The summed E-state index contributed by atoms with van der Waals surface area (Å²) in [5.74, 6) is 4.57. The lowest BCUT2D eigenvalue weighted by molar-refractivity contribution is -0.0451. The quantitative estimate of drug-likeness (QED) is 0.166. The Bertz CT molecular complexity index is 4200. The topological polar surface area (TPSA) is 42.0 Å². The van der Waals surface area contributed by atoms with E-state index in [0.717, 1.165) is 101 Å². The zero-order chi connectivity index (χ0) is 52.3. The molecule has 5 aliphatic rings. The number of hydrogen-bond acceptors (Lipinski definition) is 5. The molecule has 0 N–H and O–H groups in total. The highest BCUT2D eigenvalue weighted by Gasteiger charge is 2.61. The van der Waals surface area contributed by atoms with Gasteiger partial charge in [0.05, 0.1) is 11.4 Å². The van der Waals surface area contributed by atoms with Gasteiger partial charge in [-0.3, -0.25) is 0 Å². The average molecular weight is 1010 g/mol. The van der Waals surface area contributed by atoms with Gasteiger partial charge in [0.1, 0.15) is 22.7 Å². The molecule has 0 radical (unpaired) electrons. The second kappa shape index (κ2) is 16.6. The molecule has 0 amide bonds. The summed E-state index contributed by atoms with van der Waals surface area (Å²) < 4.78 is 21.6. The fraction of sp³-hybridized carbons (Fsp3) is 0.278. The highest BCUT2D eigenvalue weighted by Crippen LogP contribution is 2.69. The van der Waals surface area contributed by atoms with Gasteiger partial charge in [-0.1, -0.05) is 145 Å². The van der Waals surface area contributed by atoms with Crippen LogP contribution in [0.1, 0.15) is 107 Å². The van der Waals surface area contributed by atoms with Crippen molar-refractivity contribution in [3.05, 3.63) is 203 Å². The molecule has 16 rings (SSSR count). The van der Waals surface area contributed by atoms with E-state index in [2.05, 4.69) is 235 Å². The van der Waals surface area contributed by atoms with Crippen molar-refractivity contribution in [3.8, 4) is 11.5 Å². The van der Waals surface area contributed by atoms with Crippen LogP contribution in [0.3, 0.4) is 0 Å². The van der Waals surface area contributed by atoms with Gasteiger partial charge in [0.15, 0.2) is 11.2 Å². The zero-order valence-corrected chi connectivity index (χ0v) is 45.6. The number of rotatable bonds is 6. The van der Waals surface area contributed by atoms with Gasteiger partial charge in [-0.25, -0.2) is 0 Å². The fourth-order valence-corrected chi connectivity index (χ4v) is 15.5. The van der Waals surface area contributed by atoms with Crippen LogP contribution < -0.4 is 14.5 Å². The maximum atomic E-state index is 7.32. The molecule has 11 aromatic rings. The van der Waals surface area contributed by atoms with Crippen LogP contribution in [-0.4, -0.2) is 0 Å². The third-order valence-corrected chi connectivity index (χ3v) is 18.8. The van der Waals surface area contributed by atoms with Crippen LogP contribution in [0.15, 0.2) is 179 Å². The lowest BCUT2D eigenvalue weighted by atomic mass is 9.41. The van der Waals surface area contributed by atoms with E-state index in [4.69, 9.17) is 13.6 Å². The summed E-state index contributed by atoms with van der Waals surface area (Å²) in [6.07, 6.45) is 6.39. The number of fused-ring (bicyclic) bond motifs is 9. The highest BCUT2D eigenvalue weighted by atomic mass is 16.5. The first-order valence-corrected chi connectivity index (χ1v) is 28.2. The smallest absolute Gasteiger partial charge is 0.159 e. The van der Waals surface area contributed by atoms with Gasteiger partial charge in [0.2, 0.25) is 0 Å². The largest absolute Gasteiger partial charge is 0.457 e. The molecule has 2 aromatic heterocycles. The standard InChI is InChI=1S/C72H66N2O3/c1-42-17-9-11-25-60(42)73(62-27-15-21-54-52-19-13-23-56(70(3,4)5)66(52)76-68(54)62)50-30-29-46-40-65-58(39-47(46)38-50)72(48-34-44-33-45(36-48)37-49(72)35-44)59-41-51(31-32-64(59)75-65)74(61-26-12-10-18-43(61)2)63-28-16-22-55-53-20-14-24-57(71(6,7)8)67(53)77-69(55)63/h9-32,38-41,44-45,48-49H,33-37H2,1-8H3. The van der Waals surface area contributed by atoms with Crippen molar-refractivity contribution in [2.24, 2.45) is 23.7 Å². The third-order valence-electron chi connectivity index (χ3n) is 18.8. The maximum Gasteiger partial charge on any atom is 0.159 e. The summed E-state index contributed by atoms with van der Waals surface area (Å²) in [5, 5.41) is 6.95. The number of benzene rings is 9. The molecule has 5 nitrogen and oxygen atoms in total. The summed E-state index contributed by atoms with van der Waals surface area (Å²) >= 11 is 0. The summed E-state index contributed by atoms with van der Waals surface area (Å²) in [6, 6.07) is 63.2. The van der Waals surface area contributed by atoms with Crippen LogP contribution in [0, 0.1) is 37.5 Å². The van der Waals surface area contributed by atoms with Crippen LogP contribution in [0.4, 0.5) is 34.1 Å². The van der Waals surface area contributed by atoms with Crippen LogP contribution in [0.2, 0.25) is 0 Å². The Morgan fingerprint density at radius 3 is 1.38 bits per heavy atom. The summed E-state index contributed by atoms with van der Waals surface area (Å²) in [5.41, 5.74) is 17.4. The molecule has 4 aliphatic carbocycles. The molecular weight excluding hydrogens is 941 g/mol. The van der Waals surface area contributed by atoms with E-state index in [1.165, 1.54) is 76.3 Å². The molecule has 0 saturated heterocycles.